The number of carbonyl (C=O) groups is 3. The fourth-order valence-corrected chi connectivity index (χ4v) is 3.37. The van der Waals surface area contributed by atoms with Crippen LogP contribution in [0.3, 0.4) is 0 Å². The van der Waals surface area contributed by atoms with Gasteiger partial charge in [-0.1, -0.05) is 24.3 Å². The van der Waals surface area contributed by atoms with Gasteiger partial charge in [0.1, 0.15) is 5.54 Å². The van der Waals surface area contributed by atoms with Gasteiger partial charge < -0.3 is 20.3 Å². The molecule has 0 saturated carbocycles. The zero-order chi connectivity index (χ0) is 21.7. The Bertz CT molecular complexity index is 759. The maximum atomic E-state index is 12.6. The molecule has 2 aliphatic rings. The van der Waals surface area contributed by atoms with Gasteiger partial charge in [0.05, 0.1) is 0 Å². The van der Waals surface area contributed by atoms with Gasteiger partial charge in [0, 0.05) is 32.0 Å². The number of carboxylic acids is 2. The average Bonchev–Trinajstić information content (AvgIpc) is 2.68. The Hall–Kier alpha value is -2.62. The Balaban J connectivity index is 0.000000370. The van der Waals surface area contributed by atoms with Crippen molar-refractivity contribution in [2.24, 2.45) is 5.92 Å². The molecule has 1 aliphatic carbocycles. The number of fused-ring (bicyclic) bond motifs is 1. The summed E-state index contributed by atoms with van der Waals surface area (Å²) < 4.78 is 37.0. The highest BCUT2D eigenvalue weighted by Crippen LogP contribution is 2.27. The number of alkyl halides is 3. The molecule has 1 amide bonds. The van der Waals surface area contributed by atoms with Crippen molar-refractivity contribution < 1.29 is 42.5 Å². The largest absolute Gasteiger partial charge is 0.490 e. The number of ether oxygens (including phenoxy) is 1. The van der Waals surface area contributed by atoms with Crippen molar-refractivity contribution in [3.63, 3.8) is 0 Å². The van der Waals surface area contributed by atoms with E-state index in [4.69, 9.17) is 14.6 Å². The number of nitrogens with one attached hydrogen (secondary N) is 1. The van der Waals surface area contributed by atoms with Crippen molar-refractivity contribution in [3.05, 3.63) is 35.4 Å². The maximum Gasteiger partial charge on any atom is 0.490 e. The highest BCUT2D eigenvalue weighted by Gasteiger charge is 2.43. The molecule has 3 rings (SSSR count). The molecule has 0 radical (unpaired) electrons. The first kappa shape index (κ1) is 22.7. The van der Waals surface area contributed by atoms with Crippen LogP contribution in [0.2, 0.25) is 0 Å². The maximum absolute atomic E-state index is 12.6. The zero-order valence-electron chi connectivity index (χ0n) is 15.5. The summed E-state index contributed by atoms with van der Waals surface area (Å²) in [6, 6.07) is 8.15. The first-order valence-corrected chi connectivity index (χ1v) is 9.05. The number of rotatable bonds is 3. The van der Waals surface area contributed by atoms with Crippen molar-refractivity contribution in [2.45, 2.75) is 43.8 Å². The van der Waals surface area contributed by atoms with Crippen molar-refractivity contribution in [1.29, 1.82) is 0 Å². The van der Waals surface area contributed by atoms with Crippen LogP contribution in [0.4, 0.5) is 13.2 Å². The first-order chi connectivity index (χ1) is 13.5. The monoisotopic (exact) mass is 417 g/mol. The van der Waals surface area contributed by atoms with E-state index in [9.17, 15) is 27.9 Å². The molecule has 1 atom stereocenters. The van der Waals surface area contributed by atoms with E-state index in [1.54, 1.807) is 0 Å². The molecule has 10 heteroatoms. The minimum Gasteiger partial charge on any atom is -0.480 e. The molecule has 1 aliphatic heterocycles. The third-order valence-corrected chi connectivity index (χ3v) is 5.08. The molecule has 1 fully saturated rings. The number of carboxylic acid groups (broad SMARTS) is 2. The number of halogens is 3. The number of hydrogen-bond acceptors (Lipinski definition) is 4. The van der Waals surface area contributed by atoms with E-state index < -0.39 is 23.7 Å². The van der Waals surface area contributed by atoms with Gasteiger partial charge in [0.15, 0.2) is 0 Å². The van der Waals surface area contributed by atoms with Crippen molar-refractivity contribution in [3.8, 4) is 0 Å². The van der Waals surface area contributed by atoms with Crippen molar-refractivity contribution in [2.75, 3.05) is 13.2 Å². The second-order valence-electron chi connectivity index (χ2n) is 7.00. The molecular weight excluding hydrogens is 395 g/mol. The van der Waals surface area contributed by atoms with Crippen molar-refractivity contribution >= 4 is 17.8 Å². The Morgan fingerprint density at radius 1 is 1.07 bits per heavy atom. The van der Waals surface area contributed by atoms with E-state index in [1.165, 1.54) is 11.1 Å². The number of carbonyl (C=O) groups excluding carboxylic acids is 1. The predicted molar refractivity (Wildman–Crippen MR) is 94.2 cm³/mol. The summed E-state index contributed by atoms with van der Waals surface area (Å²) in [5.74, 6) is -4.00. The van der Waals surface area contributed by atoms with Crippen LogP contribution in [0.5, 0.6) is 0 Å². The standard InChI is InChI=1S/C17H21NO4.C2HF3O2/c19-15(18-17(16(20)21)7-9-22-10-8-17)14-6-5-12-3-1-2-4-13(12)11-14;3-2(4,5)1(6)7/h1-4,14H,5-11H2,(H,18,19)(H,20,21);(H,6,7). The number of aliphatic carboxylic acids is 2. The molecule has 1 aromatic carbocycles. The summed E-state index contributed by atoms with van der Waals surface area (Å²) in [5, 5.41) is 19.5. The Morgan fingerprint density at radius 2 is 1.62 bits per heavy atom. The SMILES string of the molecule is O=C(NC1(C(=O)O)CCOCC1)C1CCc2ccccc2C1.O=C(O)C(F)(F)F. The summed E-state index contributed by atoms with van der Waals surface area (Å²) in [4.78, 5) is 33.1. The topological polar surface area (TPSA) is 113 Å². The molecule has 1 unspecified atom stereocenters. The van der Waals surface area contributed by atoms with Gasteiger partial charge in [-0.25, -0.2) is 9.59 Å². The predicted octanol–water partition coefficient (Wildman–Crippen LogP) is 2.17. The van der Waals surface area contributed by atoms with E-state index in [2.05, 4.69) is 17.4 Å². The van der Waals surface area contributed by atoms with Crippen LogP contribution < -0.4 is 5.32 Å². The molecule has 1 saturated heterocycles. The fraction of sp³-hybridized carbons (Fsp3) is 0.526. The minimum absolute atomic E-state index is 0.140. The molecular formula is C19H22F3NO6. The fourth-order valence-electron chi connectivity index (χ4n) is 3.37. The Labute approximate surface area is 164 Å². The average molecular weight is 417 g/mol. The Kier molecular flexibility index (Phi) is 7.23. The molecule has 160 valence electrons. The van der Waals surface area contributed by atoms with Crippen LogP contribution >= 0.6 is 0 Å². The van der Waals surface area contributed by atoms with Crippen LogP contribution in [0.25, 0.3) is 0 Å². The summed E-state index contributed by atoms with van der Waals surface area (Å²) in [6.45, 7) is 0.750. The van der Waals surface area contributed by atoms with E-state index >= 15 is 0 Å². The smallest absolute Gasteiger partial charge is 0.480 e. The normalized spacial score (nSPS) is 20.4. The van der Waals surface area contributed by atoms with Crippen LogP contribution in [0.15, 0.2) is 24.3 Å². The molecule has 7 nitrogen and oxygen atoms in total. The quantitative estimate of drug-likeness (QED) is 0.695. The molecule has 1 heterocycles. The third kappa shape index (κ3) is 5.93. The van der Waals surface area contributed by atoms with Crippen molar-refractivity contribution in [1.82, 2.24) is 5.32 Å². The second kappa shape index (κ2) is 9.25. The van der Waals surface area contributed by atoms with Crippen LogP contribution in [-0.4, -0.2) is 53.0 Å². The van der Waals surface area contributed by atoms with E-state index in [1.807, 2.05) is 12.1 Å². The van der Waals surface area contributed by atoms with Crippen LogP contribution in [0.1, 0.15) is 30.4 Å². The molecule has 3 N–H and O–H groups in total. The van der Waals surface area contributed by atoms with Crippen LogP contribution in [0, 0.1) is 5.92 Å². The van der Waals surface area contributed by atoms with Gasteiger partial charge in [-0.2, -0.15) is 13.2 Å². The van der Waals surface area contributed by atoms with E-state index in [0.29, 0.717) is 32.5 Å². The lowest BCUT2D eigenvalue weighted by atomic mass is 9.82. The third-order valence-electron chi connectivity index (χ3n) is 5.08. The molecule has 0 spiro atoms. The number of amides is 1. The summed E-state index contributed by atoms with van der Waals surface area (Å²) in [7, 11) is 0. The molecule has 0 bridgehead atoms. The van der Waals surface area contributed by atoms with Gasteiger partial charge in [-0.05, 0) is 30.4 Å². The molecule has 29 heavy (non-hydrogen) atoms. The van der Waals surface area contributed by atoms with Gasteiger partial charge in [-0.3, -0.25) is 4.79 Å². The van der Waals surface area contributed by atoms with Gasteiger partial charge in [-0.15, -0.1) is 0 Å². The number of hydrogen-bond donors (Lipinski definition) is 3. The van der Waals surface area contributed by atoms with Gasteiger partial charge >= 0.3 is 18.1 Å². The summed E-state index contributed by atoms with van der Waals surface area (Å²) in [6.07, 6.45) is -2.09. The zero-order valence-corrected chi connectivity index (χ0v) is 15.5. The van der Waals surface area contributed by atoms with Gasteiger partial charge in [0.2, 0.25) is 5.91 Å². The Morgan fingerprint density at radius 3 is 2.14 bits per heavy atom. The van der Waals surface area contributed by atoms with Gasteiger partial charge in [0.25, 0.3) is 0 Å². The lowest BCUT2D eigenvalue weighted by Crippen LogP contribution is -2.59. The highest BCUT2D eigenvalue weighted by molar-refractivity contribution is 5.88. The summed E-state index contributed by atoms with van der Waals surface area (Å²) in [5.41, 5.74) is 1.34. The lowest BCUT2D eigenvalue weighted by Gasteiger charge is -2.35. The van der Waals surface area contributed by atoms with E-state index in [-0.39, 0.29) is 11.8 Å². The lowest BCUT2D eigenvalue weighted by molar-refractivity contribution is -0.192. The number of benzene rings is 1. The second-order valence-corrected chi connectivity index (χ2v) is 7.00. The minimum atomic E-state index is -5.08. The molecule has 1 aromatic rings. The van der Waals surface area contributed by atoms with E-state index in [0.717, 1.165) is 12.8 Å². The number of aryl methyl sites for hydroxylation is 1. The first-order valence-electron chi connectivity index (χ1n) is 9.05. The van der Waals surface area contributed by atoms with Crippen LogP contribution in [-0.2, 0) is 32.0 Å². The highest BCUT2D eigenvalue weighted by atomic mass is 19.4. The summed E-state index contributed by atoms with van der Waals surface area (Å²) >= 11 is 0. The molecule has 0 aromatic heterocycles.